The summed E-state index contributed by atoms with van der Waals surface area (Å²) in [6, 6.07) is 11.6. The third kappa shape index (κ3) is 4.99. The van der Waals surface area contributed by atoms with Crippen molar-refractivity contribution in [3.05, 3.63) is 59.7 Å². The maximum atomic E-state index is 13.4. The average Bonchev–Trinajstić information content (AvgIpc) is 2.73. The van der Waals surface area contributed by atoms with Crippen molar-refractivity contribution in [3.63, 3.8) is 0 Å². The standard InChI is InChI=1S/C22H23F2N3O2S/c23-16-6-5-14(11-17(16)24)13-27-9-7-15(8-10-27)25-21(28)12-20-22(29)26-18-3-1-2-4-19(18)30-20/h1-6,11,15,20H,7-10,12-13H2,(H,25,28)(H,26,29). The number of likely N-dealkylation sites (tertiary alicyclic amines) is 1. The first-order chi connectivity index (χ1) is 14.5. The van der Waals surface area contributed by atoms with E-state index in [1.807, 2.05) is 24.3 Å². The Balaban J connectivity index is 1.23. The number of piperidine rings is 1. The molecular weight excluding hydrogens is 408 g/mol. The van der Waals surface area contributed by atoms with Crippen LogP contribution in [0.25, 0.3) is 0 Å². The molecular formula is C22H23F2N3O2S. The van der Waals surface area contributed by atoms with Gasteiger partial charge in [-0.1, -0.05) is 18.2 Å². The third-order valence-electron chi connectivity index (χ3n) is 5.42. The number of anilines is 1. The number of carbonyl (C=O) groups is 2. The van der Waals surface area contributed by atoms with Crippen molar-refractivity contribution in [1.82, 2.24) is 10.2 Å². The van der Waals surface area contributed by atoms with Gasteiger partial charge in [-0.05, 0) is 42.7 Å². The fourth-order valence-electron chi connectivity index (χ4n) is 3.81. The molecule has 0 bridgehead atoms. The maximum Gasteiger partial charge on any atom is 0.238 e. The van der Waals surface area contributed by atoms with Gasteiger partial charge in [-0.3, -0.25) is 14.5 Å². The van der Waals surface area contributed by atoms with Gasteiger partial charge in [0.05, 0.1) is 10.9 Å². The maximum absolute atomic E-state index is 13.4. The van der Waals surface area contributed by atoms with Gasteiger partial charge in [-0.15, -0.1) is 11.8 Å². The van der Waals surface area contributed by atoms with Crippen LogP contribution in [-0.2, 0) is 16.1 Å². The highest BCUT2D eigenvalue weighted by atomic mass is 32.2. The van der Waals surface area contributed by atoms with E-state index in [1.54, 1.807) is 6.07 Å². The molecule has 2 aliphatic rings. The molecule has 158 valence electrons. The molecule has 2 aliphatic heterocycles. The van der Waals surface area contributed by atoms with E-state index >= 15 is 0 Å². The summed E-state index contributed by atoms with van der Waals surface area (Å²) in [5, 5.41) is 5.47. The molecule has 1 fully saturated rings. The van der Waals surface area contributed by atoms with Gasteiger partial charge in [0.2, 0.25) is 11.8 Å². The van der Waals surface area contributed by atoms with E-state index in [0.717, 1.165) is 48.1 Å². The fraction of sp³-hybridized carbons (Fsp3) is 0.364. The first-order valence-electron chi connectivity index (χ1n) is 10.00. The Morgan fingerprint density at radius 2 is 1.90 bits per heavy atom. The number of fused-ring (bicyclic) bond motifs is 1. The van der Waals surface area contributed by atoms with Gasteiger partial charge >= 0.3 is 0 Å². The fourth-order valence-corrected chi connectivity index (χ4v) is 4.92. The first kappa shape index (κ1) is 20.8. The van der Waals surface area contributed by atoms with E-state index in [9.17, 15) is 18.4 Å². The molecule has 1 saturated heterocycles. The molecule has 0 radical (unpaired) electrons. The van der Waals surface area contributed by atoms with Crippen molar-refractivity contribution >= 4 is 29.3 Å². The highest BCUT2D eigenvalue weighted by Crippen LogP contribution is 2.36. The summed E-state index contributed by atoms with van der Waals surface area (Å²) >= 11 is 1.42. The summed E-state index contributed by atoms with van der Waals surface area (Å²) < 4.78 is 26.4. The molecule has 0 aromatic heterocycles. The number of halogens is 2. The molecule has 0 aliphatic carbocycles. The molecule has 0 saturated carbocycles. The van der Waals surface area contributed by atoms with Crippen LogP contribution in [0, 0.1) is 11.6 Å². The lowest BCUT2D eigenvalue weighted by Crippen LogP contribution is -2.45. The number of amides is 2. The Labute approximate surface area is 178 Å². The number of carbonyl (C=O) groups excluding carboxylic acids is 2. The van der Waals surface area contributed by atoms with Crippen molar-refractivity contribution in [1.29, 1.82) is 0 Å². The van der Waals surface area contributed by atoms with E-state index in [4.69, 9.17) is 0 Å². The summed E-state index contributed by atoms with van der Waals surface area (Å²) in [5.74, 6) is -1.94. The quantitative estimate of drug-likeness (QED) is 0.760. The van der Waals surface area contributed by atoms with Crippen LogP contribution in [0.15, 0.2) is 47.4 Å². The molecule has 2 aromatic rings. The molecule has 30 heavy (non-hydrogen) atoms. The number of nitrogens with zero attached hydrogens (tertiary/aromatic N) is 1. The van der Waals surface area contributed by atoms with Gasteiger partial charge in [0.1, 0.15) is 0 Å². The molecule has 2 N–H and O–H groups in total. The zero-order valence-electron chi connectivity index (χ0n) is 16.4. The van der Waals surface area contributed by atoms with Crippen LogP contribution >= 0.6 is 11.8 Å². The number of hydrogen-bond donors (Lipinski definition) is 2. The predicted octanol–water partition coefficient (Wildman–Crippen LogP) is 3.55. The number of nitrogens with one attached hydrogen (secondary N) is 2. The van der Waals surface area contributed by atoms with E-state index < -0.39 is 16.9 Å². The lowest BCUT2D eigenvalue weighted by molar-refractivity contribution is -0.124. The van der Waals surface area contributed by atoms with Gasteiger partial charge < -0.3 is 10.6 Å². The second-order valence-electron chi connectivity index (χ2n) is 7.66. The normalized spacial score (nSPS) is 19.8. The Morgan fingerprint density at radius 1 is 1.13 bits per heavy atom. The average molecular weight is 432 g/mol. The predicted molar refractivity (Wildman–Crippen MR) is 112 cm³/mol. The van der Waals surface area contributed by atoms with E-state index in [2.05, 4.69) is 15.5 Å². The smallest absolute Gasteiger partial charge is 0.238 e. The SMILES string of the molecule is O=C(CC1Sc2ccccc2NC1=O)NC1CCN(Cc2ccc(F)c(F)c2)CC1. The second-order valence-corrected chi connectivity index (χ2v) is 8.91. The Bertz CT molecular complexity index is 948. The van der Waals surface area contributed by atoms with Crippen LogP contribution in [0.5, 0.6) is 0 Å². The van der Waals surface area contributed by atoms with Gasteiger partial charge in [0, 0.05) is 37.0 Å². The third-order valence-corrected chi connectivity index (χ3v) is 6.70. The van der Waals surface area contributed by atoms with E-state index in [1.165, 1.54) is 17.8 Å². The van der Waals surface area contributed by atoms with E-state index in [0.29, 0.717) is 6.54 Å². The van der Waals surface area contributed by atoms with Crippen LogP contribution in [0.2, 0.25) is 0 Å². The minimum absolute atomic E-state index is 0.0580. The van der Waals surface area contributed by atoms with Crippen LogP contribution in [0.3, 0.4) is 0 Å². The van der Waals surface area contributed by atoms with Crippen LogP contribution in [0.1, 0.15) is 24.8 Å². The Morgan fingerprint density at radius 3 is 2.67 bits per heavy atom. The second kappa shape index (κ2) is 9.14. The molecule has 8 heteroatoms. The molecule has 4 rings (SSSR count). The van der Waals surface area contributed by atoms with Crippen molar-refractivity contribution in [3.8, 4) is 0 Å². The number of thioether (sulfide) groups is 1. The monoisotopic (exact) mass is 431 g/mol. The van der Waals surface area contributed by atoms with Crippen molar-refractivity contribution < 1.29 is 18.4 Å². The largest absolute Gasteiger partial charge is 0.353 e. The highest BCUT2D eigenvalue weighted by Gasteiger charge is 2.30. The number of benzene rings is 2. The van der Waals surface area contributed by atoms with Gasteiger partial charge in [0.25, 0.3) is 0 Å². The zero-order valence-corrected chi connectivity index (χ0v) is 17.2. The summed E-state index contributed by atoms with van der Waals surface area (Å²) in [5.41, 5.74) is 1.52. The van der Waals surface area contributed by atoms with Crippen LogP contribution < -0.4 is 10.6 Å². The van der Waals surface area contributed by atoms with Crippen LogP contribution in [-0.4, -0.2) is 41.1 Å². The Kier molecular flexibility index (Phi) is 6.34. The van der Waals surface area contributed by atoms with Crippen molar-refractivity contribution in [2.45, 2.75) is 42.0 Å². The molecule has 1 unspecified atom stereocenters. The molecule has 1 atom stereocenters. The minimum atomic E-state index is -0.839. The van der Waals surface area contributed by atoms with Crippen molar-refractivity contribution in [2.75, 3.05) is 18.4 Å². The van der Waals surface area contributed by atoms with Crippen molar-refractivity contribution in [2.24, 2.45) is 0 Å². The number of hydrogen-bond acceptors (Lipinski definition) is 4. The minimum Gasteiger partial charge on any atom is -0.353 e. The van der Waals surface area contributed by atoms with E-state index in [-0.39, 0.29) is 24.3 Å². The summed E-state index contributed by atoms with van der Waals surface area (Å²) in [6.45, 7) is 2.07. The molecule has 2 heterocycles. The first-order valence-corrected chi connectivity index (χ1v) is 10.9. The molecule has 2 amide bonds. The Hall–Kier alpha value is -2.45. The summed E-state index contributed by atoms with van der Waals surface area (Å²) in [4.78, 5) is 27.9. The lowest BCUT2D eigenvalue weighted by atomic mass is 10.0. The topological polar surface area (TPSA) is 61.4 Å². The summed E-state index contributed by atoms with van der Waals surface area (Å²) in [6.07, 6.45) is 1.70. The molecule has 0 spiro atoms. The lowest BCUT2D eigenvalue weighted by Gasteiger charge is -2.32. The van der Waals surface area contributed by atoms with Gasteiger partial charge in [0.15, 0.2) is 11.6 Å². The van der Waals surface area contributed by atoms with Gasteiger partial charge in [-0.25, -0.2) is 8.78 Å². The molecule has 2 aromatic carbocycles. The summed E-state index contributed by atoms with van der Waals surface area (Å²) in [7, 11) is 0. The van der Waals surface area contributed by atoms with Gasteiger partial charge in [-0.2, -0.15) is 0 Å². The number of para-hydroxylation sites is 1. The number of rotatable bonds is 5. The molecule has 5 nitrogen and oxygen atoms in total. The highest BCUT2D eigenvalue weighted by molar-refractivity contribution is 8.01. The van der Waals surface area contributed by atoms with Crippen LogP contribution in [0.4, 0.5) is 14.5 Å². The zero-order chi connectivity index (χ0) is 21.1.